The van der Waals surface area contributed by atoms with Crippen LogP contribution in [0.15, 0.2) is 4.99 Å². The van der Waals surface area contributed by atoms with Gasteiger partial charge in [0.05, 0.1) is 0 Å². The van der Waals surface area contributed by atoms with Crippen molar-refractivity contribution < 1.29 is 0 Å². The zero-order chi connectivity index (χ0) is 20.5. The molecule has 0 saturated carbocycles. The van der Waals surface area contributed by atoms with Crippen LogP contribution in [-0.4, -0.2) is 85.0 Å². The Morgan fingerprint density at radius 1 is 1.10 bits per heavy atom. The van der Waals surface area contributed by atoms with E-state index < -0.39 is 6.04 Å². The van der Waals surface area contributed by atoms with Gasteiger partial charge < -0.3 is 14.7 Å². The molecule has 0 aromatic heterocycles. The Bertz CT molecular complexity index is 590. The molecular weight excluding hydrogens is 360 g/mol. The van der Waals surface area contributed by atoms with E-state index in [0.29, 0.717) is 6.04 Å². The van der Waals surface area contributed by atoms with Crippen molar-refractivity contribution in [3.05, 3.63) is 11.4 Å². The Morgan fingerprint density at radius 3 is 2.48 bits per heavy atom. The van der Waals surface area contributed by atoms with Gasteiger partial charge in [0, 0.05) is 38.8 Å². The van der Waals surface area contributed by atoms with Crippen LogP contribution in [0.4, 0.5) is 0 Å². The molecule has 0 aromatic carbocycles. The number of rotatable bonds is 7. The molecule has 3 fully saturated rings. The van der Waals surface area contributed by atoms with Gasteiger partial charge in [0.2, 0.25) is 0 Å². The lowest BCUT2D eigenvalue weighted by Crippen LogP contribution is -2.45. The molecule has 3 saturated heterocycles. The number of hydrogen-bond acceptors (Lipinski definition) is 4. The second kappa shape index (κ2) is 11.5. The Labute approximate surface area is 177 Å². The number of hydrogen-bond donors (Lipinski definition) is 0. The summed E-state index contributed by atoms with van der Waals surface area (Å²) in [6.07, 6.45) is 9.99. The number of nitrogens with zero attached hydrogens (tertiary/aromatic N) is 6. The molecule has 0 N–H and O–H groups in total. The normalized spacial score (nSPS) is 26.2. The van der Waals surface area contributed by atoms with Crippen LogP contribution in [0.3, 0.4) is 0 Å². The van der Waals surface area contributed by atoms with Gasteiger partial charge in [-0.05, 0) is 77.4 Å². The zero-order valence-electron chi connectivity index (χ0n) is 18.2. The molecule has 0 radical (unpaired) electrons. The number of amidine groups is 1. The number of nitriles is 1. The minimum Gasteiger partial charge on any atom is -0.353 e. The molecule has 29 heavy (non-hydrogen) atoms. The molecule has 3 heterocycles. The third-order valence-corrected chi connectivity index (χ3v) is 6.97. The molecule has 160 valence electrons. The van der Waals surface area contributed by atoms with Crippen molar-refractivity contribution in [1.29, 1.82) is 5.26 Å². The summed E-state index contributed by atoms with van der Waals surface area (Å²) in [6, 6.07) is 2.11. The second-order valence-electron chi connectivity index (χ2n) is 9.07. The van der Waals surface area contributed by atoms with Crippen molar-refractivity contribution in [3.8, 4) is 6.07 Å². The van der Waals surface area contributed by atoms with Crippen LogP contribution in [0.1, 0.15) is 58.3 Å². The van der Waals surface area contributed by atoms with Crippen LogP contribution < -0.4 is 0 Å². The van der Waals surface area contributed by atoms with E-state index in [4.69, 9.17) is 11.6 Å². The highest BCUT2D eigenvalue weighted by atomic mass is 15.2. The Kier molecular flexibility index (Phi) is 8.77. The van der Waals surface area contributed by atoms with E-state index in [9.17, 15) is 5.26 Å². The third-order valence-electron chi connectivity index (χ3n) is 6.97. The lowest BCUT2D eigenvalue weighted by atomic mass is 9.95. The lowest BCUT2D eigenvalue weighted by molar-refractivity contribution is 0.158. The summed E-state index contributed by atoms with van der Waals surface area (Å²) in [7, 11) is 0. The molecule has 0 spiro atoms. The zero-order valence-corrected chi connectivity index (χ0v) is 18.2. The lowest BCUT2D eigenvalue weighted by Gasteiger charge is -2.37. The van der Waals surface area contributed by atoms with Crippen molar-refractivity contribution in [2.24, 2.45) is 10.9 Å². The molecule has 3 aliphatic rings. The molecule has 2 atom stereocenters. The van der Waals surface area contributed by atoms with Gasteiger partial charge in [-0.1, -0.05) is 6.42 Å². The van der Waals surface area contributed by atoms with Crippen LogP contribution in [0.25, 0.3) is 4.85 Å². The molecule has 3 aliphatic heterocycles. The van der Waals surface area contributed by atoms with Crippen LogP contribution in [0, 0.1) is 23.8 Å². The summed E-state index contributed by atoms with van der Waals surface area (Å²) in [6.45, 7) is 18.4. The van der Waals surface area contributed by atoms with Crippen molar-refractivity contribution in [2.45, 2.75) is 70.4 Å². The van der Waals surface area contributed by atoms with Crippen LogP contribution >= 0.6 is 0 Å². The molecule has 3 rings (SSSR count). The van der Waals surface area contributed by atoms with E-state index in [0.717, 1.165) is 57.2 Å². The predicted octanol–water partition coefficient (Wildman–Crippen LogP) is 3.27. The maximum absolute atomic E-state index is 9.47. The molecule has 0 bridgehead atoms. The Balaban J connectivity index is 1.49. The smallest absolute Gasteiger partial charge is 0.353 e. The van der Waals surface area contributed by atoms with Gasteiger partial charge in [0.15, 0.2) is 11.9 Å². The average molecular weight is 399 g/mol. The van der Waals surface area contributed by atoms with Crippen LogP contribution in [0.2, 0.25) is 0 Å². The van der Waals surface area contributed by atoms with Gasteiger partial charge in [-0.3, -0.25) is 9.84 Å². The van der Waals surface area contributed by atoms with Crippen molar-refractivity contribution in [1.82, 2.24) is 14.7 Å². The SMILES string of the molecule is [C-]#[N+]C(C#N)C(=NCCCN1CCCC1C)N1CCC(CN2CCCCC2)CC1. The standard InChI is InChI=1S/C23H38N6/c1-20-8-6-14-28(20)15-7-11-26-23(22(18-24)25-2)29-16-9-21(10-17-29)19-27-12-4-3-5-13-27/h20-22H,3-17,19H2,1H3. The van der Waals surface area contributed by atoms with E-state index in [2.05, 4.69) is 32.5 Å². The summed E-state index contributed by atoms with van der Waals surface area (Å²) in [4.78, 5) is 15.8. The van der Waals surface area contributed by atoms with Crippen LogP contribution in [-0.2, 0) is 0 Å². The fourth-order valence-corrected chi connectivity index (χ4v) is 5.15. The summed E-state index contributed by atoms with van der Waals surface area (Å²) in [5.41, 5.74) is 0. The Morgan fingerprint density at radius 2 is 1.86 bits per heavy atom. The predicted molar refractivity (Wildman–Crippen MR) is 118 cm³/mol. The van der Waals surface area contributed by atoms with Gasteiger partial charge in [0.25, 0.3) is 0 Å². The van der Waals surface area contributed by atoms with Gasteiger partial charge in [-0.2, -0.15) is 5.26 Å². The fraction of sp³-hybridized carbons (Fsp3) is 0.870. The first-order valence-electron chi connectivity index (χ1n) is 11.7. The first-order valence-corrected chi connectivity index (χ1v) is 11.7. The Hall–Kier alpha value is -1.63. The van der Waals surface area contributed by atoms with E-state index in [1.165, 1.54) is 58.3 Å². The highest BCUT2D eigenvalue weighted by molar-refractivity contribution is 5.91. The number of piperidine rings is 2. The summed E-state index contributed by atoms with van der Waals surface area (Å²) in [5, 5.41) is 9.47. The van der Waals surface area contributed by atoms with E-state index in [1.54, 1.807) is 0 Å². The first-order chi connectivity index (χ1) is 14.2. The molecule has 6 nitrogen and oxygen atoms in total. The summed E-state index contributed by atoms with van der Waals surface area (Å²) < 4.78 is 0. The molecule has 6 heteroatoms. The highest BCUT2D eigenvalue weighted by Gasteiger charge is 2.30. The molecule has 0 aromatic rings. The van der Waals surface area contributed by atoms with Gasteiger partial charge in [-0.15, -0.1) is 0 Å². The topological polar surface area (TPSA) is 50.2 Å². The van der Waals surface area contributed by atoms with Gasteiger partial charge >= 0.3 is 6.04 Å². The minimum absolute atomic E-state index is 0.687. The third kappa shape index (κ3) is 6.43. The van der Waals surface area contributed by atoms with Crippen molar-refractivity contribution in [2.75, 3.05) is 52.4 Å². The largest absolute Gasteiger partial charge is 0.363 e. The van der Waals surface area contributed by atoms with E-state index in [1.807, 2.05) is 0 Å². The summed E-state index contributed by atoms with van der Waals surface area (Å²) >= 11 is 0. The first kappa shape index (κ1) is 22.1. The minimum atomic E-state index is -0.751. The number of aliphatic imine (C=N–C) groups is 1. The molecule has 0 amide bonds. The van der Waals surface area contributed by atoms with E-state index >= 15 is 0 Å². The average Bonchev–Trinajstić information content (AvgIpc) is 3.16. The second-order valence-corrected chi connectivity index (χ2v) is 9.07. The van der Waals surface area contributed by atoms with Crippen molar-refractivity contribution >= 4 is 5.84 Å². The van der Waals surface area contributed by atoms with Crippen LogP contribution in [0.5, 0.6) is 0 Å². The van der Waals surface area contributed by atoms with Crippen molar-refractivity contribution in [3.63, 3.8) is 0 Å². The highest BCUT2D eigenvalue weighted by Crippen LogP contribution is 2.22. The summed E-state index contributed by atoms with van der Waals surface area (Å²) in [5.74, 6) is 1.48. The fourth-order valence-electron chi connectivity index (χ4n) is 5.15. The van der Waals surface area contributed by atoms with E-state index in [-0.39, 0.29) is 0 Å². The number of likely N-dealkylation sites (tertiary alicyclic amines) is 3. The van der Waals surface area contributed by atoms with Gasteiger partial charge in [0.1, 0.15) is 0 Å². The molecule has 2 unspecified atom stereocenters. The van der Waals surface area contributed by atoms with Gasteiger partial charge in [-0.25, -0.2) is 6.57 Å². The molecule has 0 aliphatic carbocycles. The maximum atomic E-state index is 9.47. The molecular formula is C23H38N6. The monoisotopic (exact) mass is 398 g/mol. The maximum Gasteiger partial charge on any atom is 0.363 e. The quantitative estimate of drug-likeness (QED) is 0.286.